The Kier molecular flexibility index (Phi) is 5.81. The van der Waals surface area contributed by atoms with Crippen LogP contribution in [0.2, 0.25) is 0 Å². The molecule has 2 aromatic rings. The minimum absolute atomic E-state index is 0.0379. The maximum absolute atomic E-state index is 12.2. The van der Waals surface area contributed by atoms with Gasteiger partial charge in [-0.05, 0) is 36.1 Å². The molecule has 1 unspecified atom stereocenters. The Balaban J connectivity index is 1.47. The molecule has 0 spiro atoms. The summed E-state index contributed by atoms with van der Waals surface area (Å²) in [5, 5.41) is 10.3. The lowest BCUT2D eigenvalue weighted by Gasteiger charge is -2.30. The Morgan fingerprint density at radius 1 is 1.04 bits per heavy atom. The van der Waals surface area contributed by atoms with Crippen LogP contribution < -0.4 is 5.73 Å². The molecule has 1 aliphatic heterocycles. The molecule has 5 nitrogen and oxygen atoms in total. The van der Waals surface area contributed by atoms with E-state index in [9.17, 15) is 14.7 Å². The third-order valence-corrected chi connectivity index (χ3v) is 4.87. The van der Waals surface area contributed by atoms with Gasteiger partial charge >= 0.3 is 0 Å². The van der Waals surface area contributed by atoms with E-state index >= 15 is 0 Å². The Morgan fingerprint density at radius 2 is 1.69 bits per heavy atom. The van der Waals surface area contributed by atoms with Crippen molar-refractivity contribution in [2.24, 2.45) is 5.73 Å². The van der Waals surface area contributed by atoms with Crippen molar-refractivity contribution in [2.75, 3.05) is 13.1 Å². The third-order valence-electron chi connectivity index (χ3n) is 4.87. The molecule has 3 N–H and O–H groups in total. The van der Waals surface area contributed by atoms with Gasteiger partial charge in [0.2, 0.25) is 5.91 Å². The largest absolute Gasteiger partial charge is 0.392 e. The first kappa shape index (κ1) is 18.3. The number of hydrogen-bond acceptors (Lipinski definition) is 4. The maximum atomic E-state index is 12.2. The zero-order chi connectivity index (χ0) is 18.5. The van der Waals surface area contributed by atoms with Gasteiger partial charge in [0.1, 0.15) is 0 Å². The van der Waals surface area contributed by atoms with E-state index in [0.717, 1.165) is 19.5 Å². The summed E-state index contributed by atoms with van der Waals surface area (Å²) in [6, 6.07) is 14.7. The van der Waals surface area contributed by atoms with Crippen LogP contribution in [-0.4, -0.2) is 40.9 Å². The highest BCUT2D eigenvalue weighted by atomic mass is 16.3. The number of carbonyl (C=O) groups is 2. The molecule has 3 rings (SSSR count). The number of Topliss-reactive ketones (excluding diaryl/α,β-unsaturated/α-hetero) is 1. The molecule has 0 bridgehead atoms. The molecule has 1 aliphatic rings. The number of fused-ring (bicyclic) bond motifs is 1. The van der Waals surface area contributed by atoms with Gasteiger partial charge in [-0.2, -0.15) is 0 Å². The molecular weight excluding hydrogens is 328 g/mol. The van der Waals surface area contributed by atoms with Gasteiger partial charge in [-0.25, -0.2) is 0 Å². The molecule has 1 heterocycles. The Morgan fingerprint density at radius 3 is 2.38 bits per heavy atom. The molecule has 1 amide bonds. The number of rotatable bonds is 7. The van der Waals surface area contributed by atoms with Crippen LogP contribution in [0.25, 0.3) is 0 Å². The van der Waals surface area contributed by atoms with E-state index in [1.54, 1.807) is 24.3 Å². The predicted molar refractivity (Wildman–Crippen MR) is 100.0 cm³/mol. The second-order valence-electron chi connectivity index (χ2n) is 6.81. The van der Waals surface area contributed by atoms with Crippen molar-refractivity contribution >= 4 is 11.7 Å². The maximum Gasteiger partial charge on any atom is 0.248 e. The first-order valence-electron chi connectivity index (χ1n) is 8.93. The highest BCUT2D eigenvalue weighted by Gasteiger charge is 2.19. The zero-order valence-corrected chi connectivity index (χ0v) is 14.7. The lowest BCUT2D eigenvalue weighted by atomic mass is 9.99. The summed E-state index contributed by atoms with van der Waals surface area (Å²) in [7, 11) is 0. The summed E-state index contributed by atoms with van der Waals surface area (Å²) in [5.41, 5.74) is 8.81. The molecule has 0 fully saturated rings. The number of aliphatic hydroxyl groups excluding tert-OH is 1. The summed E-state index contributed by atoms with van der Waals surface area (Å²) >= 11 is 0. The average molecular weight is 352 g/mol. The molecule has 136 valence electrons. The van der Waals surface area contributed by atoms with Crippen molar-refractivity contribution in [1.82, 2.24) is 4.90 Å². The highest BCUT2D eigenvalue weighted by molar-refractivity contribution is 5.98. The fourth-order valence-electron chi connectivity index (χ4n) is 3.36. The number of hydrogen-bond donors (Lipinski definition) is 2. The van der Waals surface area contributed by atoms with Crippen LogP contribution >= 0.6 is 0 Å². The number of nitrogens with zero attached hydrogens (tertiary/aromatic N) is 1. The Labute approximate surface area is 153 Å². The second kappa shape index (κ2) is 8.25. The van der Waals surface area contributed by atoms with Crippen molar-refractivity contribution in [3.63, 3.8) is 0 Å². The fourth-order valence-corrected chi connectivity index (χ4v) is 3.36. The first-order chi connectivity index (χ1) is 12.5. The van der Waals surface area contributed by atoms with E-state index in [4.69, 9.17) is 5.73 Å². The number of ketones is 1. The van der Waals surface area contributed by atoms with Crippen LogP contribution in [0.5, 0.6) is 0 Å². The van der Waals surface area contributed by atoms with Crippen molar-refractivity contribution in [3.05, 3.63) is 70.8 Å². The fraction of sp³-hybridized carbons (Fsp3) is 0.333. The van der Waals surface area contributed by atoms with Gasteiger partial charge in [0.25, 0.3) is 0 Å². The van der Waals surface area contributed by atoms with E-state index in [1.807, 2.05) is 6.07 Å². The summed E-state index contributed by atoms with van der Waals surface area (Å²) in [6.07, 6.45) is 1.17. The van der Waals surface area contributed by atoms with Gasteiger partial charge in [0, 0.05) is 37.2 Å². The standard InChI is InChI=1S/C21H24N2O3/c22-21(26)17-7-5-16(6-8-17)20(25)10-9-19(24)14-23-12-11-15-3-1-2-4-18(15)13-23/h1-8,19,24H,9-14H2,(H2,22,26). The monoisotopic (exact) mass is 352 g/mol. The van der Waals surface area contributed by atoms with Gasteiger partial charge < -0.3 is 10.8 Å². The van der Waals surface area contributed by atoms with Crippen LogP contribution in [0.4, 0.5) is 0 Å². The van der Waals surface area contributed by atoms with E-state index < -0.39 is 12.0 Å². The lowest BCUT2D eigenvalue weighted by Crippen LogP contribution is -2.36. The highest BCUT2D eigenvalue weighted by Crippen LogP contribution is 2.19. The Hall–Kier alpha value is -2.50. The first-order valence-corrected chi connectivity index (χ1v) is 8.93. The molecule has 5 heteroatoms. The smallest absolute Gasteiger partial charge is 0.248 e. The predicted octanol–water partition coefficient (Wildman–Crippen LogP) is 2.17. The van der Waals surface area contributed by atoms with Crippen molar-refractivity contribution in [3.8, 4) is 0 Å². The van der Waals surface area contributed by atoms with Gasteiger partial charge in [-0.1, -0.05) is 36.4 Å². The van der Waals surface area contributed by atoms with Crippen molar-refractivity contribution < 1.29 is 14.7 Å². The normalized spacial score (nSPS) is 15.3. The molecule has 0 radical (unpaired) electrons. The van der Waals surface area contributed by atoms with Gasteiger partial charge in [-0.15, -0.1) is 0 Å². The minimum Gasteiger partial charge on any atom is -0.392 e. The minimum atomic E-state index is -0.533. The van der Waals surface area contributed by atoms with Crippen LogP contribution in [0.3, 0.4) is 0 Å². The van der Waals surface area contributed by atoms with Gasteiger partial charge in [-0.3, -0.25) is 14.5 Å². The quantitative estimate of drug-likeness (QED) is 0.748. The molecule has 2 aromatic carbocycles. The van der Waals surface area contributed by atoms with Crippen LogP contribution in [0.15, 0.2) is 48.5 Å². The van der Waals surface area contributed by atoms with Crippen molar-refractivity contribution in [2.45, 2.75) is 31.9 Å². The number of primary amides is 1. The summed E-state index contributed by atoms with van der Waals surface area (Å²) in [4.78, 5) is 25.5. The number of nitrogens with two attached hydrogens (primary N) is 1. The van der Waals surface area contributed by atoms with E-state index in [1.165, 1.54) is 11.1 Å². The molecule has 26 heavy (non-hydrogen) atoms. The van der Waals surface area contributed by atoms with Crippen LogP contribution in [-0.2, 0) is 13.0 Å². The molecule has 0 aromatic heterocycles. The number of carbonyl (C=O) groups excluding carboxylic acids is 2. The SMILES string of the molecule is NC(=O)c1ccc(C(=O)CCC(O)CN2CCc3ccccc3C2)cc1. The van der Waals surface area contributed by atoms with E-state index in [2.05, 4.69) is 23.1 Å². The van der Waals surface area contributed by atoms with E-state index in [0.29, 0.717) is 24.1 Å². The molecule has 0 saturated carbocycles. The number of β-amino-alcohol motifs (C(OH)–C–C–N with tert-alkyl or cyclic N) is 1. The Bertz CT molecular complexity index is 786. The lowest BCUT2D eigenvalue weighted by molar-refractivity contribution is 0.0836. The topological polar surface area (TPSA) is 83.6 Å². The van der Waals surface area contributed by atoms with Crippen LogP contribution in [0, 0.1) is 0 Å². The molecule has 0 aliphatic carbocycles. The number of amides is 1. The summed E-state index contributed by atoms with van der Waals surface area (Å²) in [6.45, 7) is 2.34. The molecule has 0 saturated heterocycles. The number of benzene rings is 2. The summed E-state index contributed by atoms with van der Waals surface area (Å²) in [5.74, 6) is -0.549. The molecular formula is C21H24N2O3. The van der Waals surface area contributed by atoms with Gasteiger partial charge in [0.15, 0.2) is 5.78 Å². The zero-order valence-electron chi connectivity index (χ0n) is 14.7. The van der Waals surface area contributed by atoms with Crippen LogP contribution in [0.1, 0.15) is 44.7 Å². The molecule has 1 atom stereocenters. The second-order valence-corrected chi connectivity index (χ2v) is 6.81. The van der Waals surface area contributed by atoms with E-state index in [-0.39, 0.29) is 12.2 Å². The van der Waals surface area contributed by atoms with Gasteiger partial charge in [0.05, 0.1) is 6.10 Å². The van der Waals surface area contributed by atoms with Crippen molar-refractivity contribution in [1.29, 1.82) is 0 Å². The number of aliphatic hydroxyl groups is 1. The average Bonchev–Trinajstić information content (AvgIpc) is 2.66. The third kappa shape index (κ3) is 4.56. The summed E-state index contributed by atoms with van der Waals surface area (Å²) < 4.78 is 0.